The summed E-state index contributed by atoms with van der Waals surface area (Å²) in [5.41, 5.74) is 0.698. The Labute approximate surface area is 171 Å². The van der Waals surface area contributed by atoms with E-state index in [-0.39, 0.29) is 30.1 Å². The van der Waals surface area contributed by atoms with E-state index in [0.717, 1.165) is 25.7 Å². The number of amides is 1. The van der Waals surface area contributed by atoms with Crippen molar-refractivity contribution in [1.29, 1.82) is 0 Å². The second-order valence-corrected chi connectivity index (χ2v) is 9.60. The van der Waals surface area contributed by atoms with E-state index in [1.165, 1.54) is 12.8 Å². The van der Waals surface area contributed by atoms with Gasteiger partial charge in [0, 0.05) is 26.1 Å². The molecule has 0 bridgehead atoms. The van der Waals surface area contributed by atoms with Crippen molar-refractivity contribution in [2.24, 2.45) is 28.8 Å². The van der Waals surface area contributed by atoms with Crippen molar-refractivity contribution in [3.63, 3.8) is 0 Å². The summed E-state index contributed by atoms with van der Waals surface area (Å²) >= 11 is 0. The summed E-state index contributed by atoms with van der Waals surface area (Å²) in [6, 6.07) is 0.337. The molecule has 0 aromatic heterocycles. The minimum absolute atomic E-state index is 0.0284. The molecule has 2 aliphatic carbocycles. The van der Waals surface area contributed by atoms with Gasteiger partial charge in [-0.2, -0.15) is 18.3 Å². The van der Waals surface area contributed by atoms with Gasteiger partial charge in [0.1, 0.15) is 5.71 Å². The smallest absolute Gasteiger partial charge is 0.338 e. The molecule has 7 heteroatoms. The Morgan fingerprint density at radius 1 is 0.931 bits per heavy atom. The molecule has 4 atom stereocenters. The molecular weight excluding hydrogens is 379 g/mol. The maximum absolute atomic E-state index is 13.5. The molecule has 4 rings (SSSR count). The van der Waals surface area contributed by atoms with Crippen LogP contribution in [0.25, 0.3) is 0 Å². The van der Waals surface area contributed by atoms with Crippen molar-refractivity contribution < 1.29 is 18.0 Å². The molecule has 4 aliphatic rings. The summed E-state index contributed by atoms with van der Waals surface area (Å²) in [5, 5.41) is 6.59. The molecule has 0 N–H and O–H groups in total. The highest BCUT2D eigenvalue weighted by Crippen LogP contribution is 2.47. The molecule has 0 radical (unpaired) electrons. The lowest BCUT2D eigenvalue weighted by molar-refractivity contribution is -0.203. The SMILES string of the molecule is CN1N=C(C(=O)N2CCC(C3CCCCC3C(F)(F)F)CC2)C2CCCCCC21. The number of piperidine rings is 1. The molecule has 4 unspecified atom stereocenters. The van der Waals surface area contributed by atoms with Crippen LogP contribution >= 0.6 is 0 Å². The zero-order valence-electron chi connectivity index (χ0n) is 17.5. The number of nitrogens with zero attached hydrogens (tertiary/aromatic N) is 3. The van der Waals surface area contributed by atoms with Crippen LogP contribution in [0.4, 0.5) is 13.2 Å². The molecule has 2 saturated carbocycles. The molecular formula is C22H34F3N3O. The zero-order valence-corrected chi connectivity index (χ0v) is 17.5. The van der Waals surface area contributed by atoms with Crippen molar-refractivity contribution in [2.45, 2.75) is 82.8 Å². The lowest BCUT2D eigenvalue weighted by atomic mass is 9.69. The van der Waals surface area contributed by atoms with Crippen LogP contribution in [0.15, 0.2) is 5.10 Å². The van der Waals surface area contributed by atoms with Crippen LogP contribution in [-0.2, 0) is 4.79 Å². The number of carbonyl (C=O) groups excluding carboxylic acids is 1. The van der Waals surface area contributed by atoms with Crippen LogP contribution in [0.5, 0.6) is 0 Å². The van der Waals surface area contributed by atoms with Crippen molar-refractivity contribution in [2.75, 3.05) is 20.1 Å². The fraction of sp³-hybridized carbons (Fsp3) is 0.909. The van der Waals surface area contributed by atoms with Crippen LogP contribution < -0.4 is 0 Å². The van der Waals surface area contributed by atoms with Crippen LogP contribution in [-0.4, -0.2) is 53.9 Å². The number of rotatable bonds is 2. The van der Waals surface area contributed by atoms with Crippen molar-refractivity contribution in [1.82, 2.24) is 9.91 Å². The van der Waals surface area contributed by atoms with Crippen molar-refractivity contribution >= 4 is 11.6 Å². The van der Waals surface area contributed by atoms with Gasteiger partial charge in [0.15, 0.2) is 0 Å². The van der Waals surface area contributed by atoms with Crippen molar-refractivity contribution in [3.05, 3.63) is 0 Å². The Morgan fingerprint density at radius 2 is 1.59 bits per heavy atom. The highest BCUT2D eigenvalue weighted by atomic mass is 19.4. The summed E-state index contributed by atoms with van der Waals surface area (Å²) in [6.45, 7) is 1.15. The maximum atomic E-state index is 13.5. The number of hydrogen-bond acceptors (Lipinski definition) is 3. The van der Waals surface area contributed by atoms with Crippen LogP contribution in [0.1, 0.15) is 70.6 Å². The van der Waals surface area contributed by atoms with Gasteiger partial charge < -0.3 is 4.90 Å². The molecule has 4 nitrogen and oxygen atoms in total. The summed E-state index contributed by atoms with van der Waals surface area (Å²) in [4.78, 5) is 15.1. The molecule has 3 fully saturated rings. The third-order valence-corrected chi connectivity index (χ3v) is 7.97. The maximum Gasteiger partial charge on any atom is 0.392 e. The van der Waals surface area contributed by atoms with Crippen LogP contribution in [0.2, 0.25) is 0 Å². The van der Waals surface area contributed by atoms with Gasteiger partial charge in [-0.3, -0.25) is 9.80 Å². The molecule has 0 aromatic rings. The molecule has 1 amide bonds. The number of alkyl halides is 3. The van der Waals surface area contributed by atoms with Crippen molar-refractivity contribution in [3.8, 4) is 0 Å². The van der Waals surface area contributed by atoms with E-state index in [2.05, 4.69) is 5.10 Å². The number of halogens is 3. The molecule has 29 heavy (non-hydrogen) atoms. The third kappa shape index (κ3) is 4.29. The highest BCUT2D eigenvalue weighted by molar-refractivity contribution is 6.40. The van der Waals surface area contributed by atoms with Gasteiger partial charge in [-0.25, -0.2) is 0 Å². The van der Waals surface area contributed by atoms with Gasteiger partial charge in [-0.15, -0.1) is 0 Å². The topological polar surface area (TPSA) is 35.9 Å². The quantitative estimate of drug-likeness (QED) is 0.649. The number of likely N-dealkylation sites (tertiary alicyclic amines) is 1. The Bertz CT molecular complexity index is 627. The van der Waals surface area contributed by atoms with E-state index in [9.17, 15) is 18.0 Å². The first-order valence-electron chi connectivity index (χ1n) is 11.5. The lowest BCUT2D eigenvalue weighted by Crippen LogP contribution is -2.47. The highest BCUT2D eigenvalue weighted by Gasteiger charge is 2.48. The molecule has 2 heterocycles. The third-order valence-electron chi connectivity index (χ3n) is 7.97. The average molecular weight is 414 g/mol. The second kappa shape index (κ2) is 8.46. The minimum atomic E-state index is -4.09. The Balaban J connectivity index is 1.38. The van der Waals surface area contributed by atoms with Gasteiger partial charge in [0.05, 0.1) is 12.0 Å². The predicted octanol–water partition coefficient (Wildman–Crippen LogP) is 4.84. The van der Waals surface area contributed by atoms with E-state index >= 15 is 0 Å². The lowest BCUT2D eigenvalue weighted by Gasteiger charge is -2.42. The molecule has 0 aromatic carbocycles. The molecule has 1 saturated heterocycles. The van der Waals surface area contributed by atoms with E-state index in [0.29, 0.717) is 50.5 Å². The van der Waals surface area contributed by atoms with E-state index in [1.807, 2.05) is 17.0 Å². The largest absolute Gasteiger partial charge is 0.392 e. The fourth-order valence-corrected chi connectivity index (χ4v) is 6.40. The van der Waals surface area contributed by atoms with E-state index < -0.39 is 12.1 Å². The normalized spacial score (nSPS) is 34.6. The summed E-state index contributed by atoms with van der Waals surface area (Å²) in [5.74, 6) is -1.07. The monoisotopic (exact) mass is 413 g/mol. The molecule has 2 aliphatic heterocycles. The minimum Gasteiger partial charge on any atom is -0.338 e. The first-order valence-corrected chi connectivity index (χ1v) is 11.5. The predicted molar refractivity (Wildman–Crippen MR) is 106 cm³/mol. The van der Waals surface area contributed by atoms with Gasteiger partial charge in [-0.05, 0) is 50.4 Å². The number of fused-ring (bicyclic) bond motifs is 1. The first kappa shape index (κ1) is 21.0. The number of hydrogen-bond donors (Lipinski definition) is 0. The van der Waals surface area contributed by atoms with Gasteiger partial charge >= 0.3 is 6.18 Å². The molecule has 0 spiro atoms. The standard InChI is InChI=1S/C22H34F3N3O/c1-27-19-10-4-2-3-8-17(19)20(26-27)21(29)28-13-11-15(12-14-28)16-7-5-6-9-18(16)22(23,24)25/h15-19H,2-14H2,1H3. The second-order valence-electron chi connectivity index (χ2n) is 9.60. The average Bonchev–Trinajstić information content (AvgIpc) is 2.88. The Morgan fingerprint density at radius 3 is 2.31 bits per heavy atom. The van der Waals surface area contributed by atoms with E-state index in [1.54, 1.807) is 0 Å². The number of carbonyl (C=O) groups is 1. The van der Waals surface area contributed by atoms with Gasteiger partial charge in [0.25, 0.3) is 5.91 Å². The summed E-state index contributed by atoms with van der Waals surface area (Å²) in [7, 11) is 1.97. The first-order chi connectivity index (χ1) is 13.9. The summed E-state index contributed by atoms with van der Waals surface area (Å²) in [6.07, 6.45) is 5.51. The van der Waals surface area contributed by atoms with E-state index in [4.69, 9.17) is 0 Å². The van der Waals surface area contributed by atoms with Gasteiger partial charge in [0.2, 0.25) is 0 Å². The number of hydrazone groups is 1. The van der Waals surface area contributed by atoms with Crippen LogP contribution in [0, 0.1) is 23.7 Å². The summed E-state index contributed by atoms with van der Waals surface area (Å²) < 4.78 is 40.5. The van der Waals surface area contributed by atoms with Crippen LogP contribution in [0.3, 0.4) is 0 Å². The Kier molecular flexibility index (Phi) is 6.12. The molecule has 164 valence electrons. The fourth-order valence-electron chi connectivity index (χ4n) is 6.40. The zero-order chi connectivity index (χ0) is 20.6. The Hall–Kier alpha value is -1.27. The van der Waals surface area contributed by atoms with Gasteiger partial charge in [-0.1, -0.05) is 32.1 Å².